The van der Waals surface area contributed by atoms with Crippen LogP contribution in [0.15, 0.2) is 42.7 Å². The Morgan fingerprint density at radius 2 is 1.09 bits per heavy atom. The molecule has 0 spiro atoms. The third-order valence-corrected chi connectivity index (χ3v) is 7.29. The average Bonchev–Trinajstić information content (AvgIpc) is 3.23. The minimum Gasteiger partial charge on any atom is -0.234 e. The van der Waals surface area contributed by atoms with Crippen LogP contribution in [0.5, 0.6) is 0 Å². The van der Waals surface area contributed by atoms with E-state index in [0.29, 0.717) is 0 Å². The number of aromatic nitrogens is 2. The van der Waals surface area contributed by atoms with Gasteiger partial charge in [0.25, 0.3) is 5.82 Å². The molecule has 0 aliphatic heterocycles. The average molecular weight is 468 g/mol. The second-order valence-corrected chi connectivity index (χ2v) is 10.4. The van der Waals surface area contributed by atoms with Crippen molar-refractivity contribution in [3.8, 4) is 0 Å². The van der Waals surface area contributed by atoms with E-state index in [1.807, 2.05) is 0 Å². The first kappa shape index (κ1) is 28.7. The Hall–Kier alpha value is -1.57. The Morgan fingerprint density at radius 1 is 0.588 bits per heavy atom. The molecule has 0 N–H and O–H groups in total. The fraction of sp³-hybridized carbons (Fsp3) is 0.719. The van der Waals surface area contributed by atoms with Gasteiger partial charge in [0, 0.05) is 6.42 Å². The van der Waals surface area contributed by atoms with Crippen molar-refractivity contribution in [2.75, 3.05) is 0 Å². The van der Waals surface area contributed by atoms with Crippen LogP contribution in [0.4, 0.5) is 0 Å². The Morgan fingerprint density at radius 3 is 1.65 bits per heavy atom. The maximum Gasteiger partial charge on any atom is 0.256 e. The van der Waals surface area contributed by atoms with E-state index in [4.69, 9.17) is 0 Å². The summed E-state index contributed by atoms with van der Waals surface area (Å²) in [7, 11) is 0. The Bertz CT molecular complexity index is 703. The molecule has 2 nitrogen and oxygen atoms in total. The van der Waals surface area contributed by atoms with Crippen molar-refractivity contribution in [3.63, 3.8) is 0 Å². The summed E-state index contributed by atoms with van der Waals surface area (Å²) < 4.78 is 5.07. The molecule has 0 saturated heterocycles. The molecule has 0 fully saturated rings. The van der Waals surface area contributed by atoms with Crippen LogP contribution in [0.2, 0.25) is 0 Å². The minimum atomic E-state index is 0.998. The van der Waals surface area contributed by atoms with Crippen molar-refractivity contribution < 1.29 is 4.57 Å². The van der Waals surface area contributed by atoms with Crippen molar-refractivity contribution in [1.29, 1.82) is 0 Å². The Labute approximate surface area is 212 Å². The molecule has 1 aromatic heterocycles. The molecule has 0 radical (unpaired) electrons. The predicted molar refractivity (Wildman–Crippen MR) is 148 cm³/mol. The third kappa shape index (κ3) is 12.8. The van der Waals surface area contributed by atoms with Gasteiger partial charge in [-0.1, -0.05) is 140 Å². The van der Waals surface area contributed by atoms with E-state index in [0.717, 1.165) is 6.54 Å². The lowest BCUT2D eigenvalue weighted by molar-refractivity contribution is -0.695. The van der Waals surface area contributed by atoms with Crippen molar-refractivity contribution >= 4 is 0 Å². The highest BCUT2D eigenvalue weighted by Gasteiger charge is 2.17. The SMILES string of the molecule is CCCCCCCCCCCCCc1n(CCCCCCCCC)cc[n+]1Cc1ccccc1. The van der Waals surface area contributed by atoms with Crippen LogP contribution in [0.25, 0.3) is 0 Å². The molecule has 0 unspecified atom stereocenters. The summed E-state index contributed by atoms with van der Waals surface area (Å²) in [5.74, 6) is 1.53. The van der Waals surface area contributed by atoms with E-state index < -0.39 is 0 Å². The highest BCUT2D eigenvalue weighted by atomic mass is 15.1. The van der Waals surface area contributed by atoms with Gasteiger partial charge in [0.1, 0.15) is 18.9 Å². The molecule has 2 aromatic rings. The molecular formula is C32H55N2+. The number of unbranched alkanes of at least 4 members (excludes halogenated alkanes) is 16. The molecule has 1 heterocycles. The number of rotatable bonds is 22. The summed E-state index contributed by atoms with van der Waals surface area (Å²) in [6, 6.07) is 11.0. The summed E-state index contributed by atoms with van der Waals surface area (Å²) >= 11 is 0. The molecule has 34 heavy (non-hydrogen) atoms. The quantitative estimate of drug-likeness (QED) is 0.120. The Kier molecular flexibility index (Phi) is 16.6. The van der Waals surface area contributed by atoms with Crippen molar-refractivity contribution in [3.05, 3.63) is 54.1 Å². The van der Waals surface area contributed by atoms with E-state index in [2.05, 4.69) is 65.7 Å². The summed E-state index contributed by atoms with van der Waals surface area (Å²) in [4.78, 5) is 0. The Balaban J connectivity index is 1.73. The normalized spacial score (nSPS) is 11.4. The number of hydrogen-bond donors (Lipinski definition) is 0. The maximum atomic E-state index is 2.56. The van der Waals surface area contributed by atoms with E-state index in [1.54, 1.807) is 0 Å². The predicted octanol–water partition coefficient (Wildman–Crippen LogP) is 9.43. The molecule has 0 aliphatic rings. The summed E-state index contributed by atoms with van der Waals surface area (Å²) in [5, 5.41) is 0. The number of imidazole rings is 1. The molecule has 0 bridgehead atoms. The van der Waals surface area contributed by atoms with Crippen LogP contribution >= 0.6 is 0 Å². The lowest BCUT2D eigenvalue weighted by Gasteiger charge is -2.07. The lowest BCUT2D eigenvalue weighted by atomic mass is 10.1. The smallest absolute Gasteiger partial charge is 0.234 e. The van der Waals surface area contributed by atoms with Crippen LogP contribution in [-0.4, -0.2) is 4.57 Å². The molecule has 0 amide bonds. The highest BCUT2D eigenvalue weighted by molar-refractivity contribution is 5.13. The van der Waals surface area contributed by atoms with Crippen molar-refractivity contribution in [1.82, 2.24) is 4.57 Å². The number of benzene rings is 1. The van der Waals surface area contributed by atoms with Crippen LogP contribution in [0.3, 0.4) is 0 Å². The lowest BCUT2D eigenvalue weighted by Crippen LogP contribution is -2.37. The van der Waals surface area contributed by atoms with Gasteiger partial charge in [-0.05, 0) is 24.8 Å². The summed E-state index contributed by atoms with van der Waals surface area (Å²) in [6.45, 7) is 6.78. The van der Waals surface area contributed by atoms with Crippen LogP contribution < -0.4 is 4.57 Å². The van der Waals surface area contributed by atoms with E-state index in [-0.39, 0.29) is 0 Å². The first-order chi connectivity index (χ1) is 16.8. The first-order valence-electron chi connectivity index (χ1n) is 15.0. The summed E-state index contributed by atoms with van der Waals surface area (Å²) in [6.07, 6.45) is 31.1. The van der Waals surface area contributed by atoms with Crippen molar-refractivity contribution in [2.45, 2.75) is 149 Å². The fourth-order valence-electron chi connectivity index (χ4n) is 5.10. The van der Waals surface area contributed by atoms with Gasteiger partial charge < -0.3 is 0 Å². The van der Waals surface area contributed by atoms with Gasteiger partial charge in [-0.2, -0.15) is 0 Å². The fourth-order valence-corrected chi connectivity index (χ4v) is 5.10. The van der Waals surface area contributed by atoms with Gasteiger partial charge in [-0.15, -0.1) is 0 Å². The third-order valence-electron chi connectivity index (χ3n) is 7.29. The molecule has 2 heteroatoms. The van der Waals surface area contributed by atoms with Crippen molar-refractivity contribution in [2.24, 2.45) is 0 Å². The second kappa shape index (κ2) is 19.7. The summed E-state index contributed by atoms with van der Waals surface area (Å²) in [5.41, 5.74) is 1.40. The zero-order valence-electron chi connectivity index (χ0n) is 22.8. The first-order valence-corrected chi connectivity index (χ1v) is 15.0. The molecule has 2 rings (SSSR count). The minimum absolute atomic E-state index is 0.998. The molecule has 0 aliphatic carbocycles. The highest BCUT2D eigenvalue weighted by Crippen LogP contribution is 2.14. The van der Waals surface area contributed by atoms with Gasteiger partial charge in [-0.25, -0.2) is 9.13 Å². The van der Waals surface area contributed by atoms with Crippen LogP contribution in [0.1, 0.15) is 141 Å². The molecule has 0 atom stereocenters. The topological polar surface area (TPSA) is 8.81 Å². The molecule has 0 saturated carbocycles. The maximum absolute atomic E-state index is 2.56. The number of nitrogens with zero attached hydrogens (tertiary/aromatic N) is 2. The van der Waals surface area contributed by atoms with E-state index in [1.165, 1.54) is 140 Å². The molecule has 1 aromatic carbocycles. The van der Waals surface area contributed by atoms with Gasteiger partial charge in [0.05, 0.1) is 6.54 Å². The largest absolute Gasteiger partial charge is 0.256 e. The second-order valence-electron chi connectivity index (χ2n) is 10.4. The van der Waals surface area contributed by atoms with Gasteiger partial charge in [-0.3, -0.25) is 0 Å². The zero-order chi connectivity index (χ0) is 24.1. The van der Waals surface area contributed by atoms with E-state index in [9.17, 15) is 0 Å². The van der Waals surface area contributed by atoms with Gasteiger partial charge >= 0.3 is 0 Å². The van der Waals surface area contributed by atoms with Gasteiger partial charge in [0.15, 0.2) is 0 Å². The standard InChI is InChI=1S/C32H55N2/c1-3-5-7-9-11-12-13-14-15-17-22-26-32-33(27-23-18-16-10-8-6-4-2)28-29-34(32)30-31-24-20-19-21-25-31/h19-21,24-25,28-29H,3-18,22-23,26-27,30H2,1-2H3/q+1. The number of hydrogen-bond acceptors (Lipinski definition) is 0. The van der Waals surface area contributed by atoms with Crippen LogP contribution in [-0.2, 0) is 19.5 Å². The van der Waals surface area contributed by atoms with Crippen LogP contribution in [0, 0.1) is 0 Å². The monoisotopic (exact) mass is 467 g/mol. The number of aryl methyl sites for hydroxylation is 1. The molecule has 192 valence electrons. The zero-order valence-corrected chi connectivity index (χ0v) is 22.8. The van der Waals surface area contributed by atoms with Gasteiger partial charge in [0.2, 0.25) is 0 Å². The van der Waals surface area contributed by atoms with E-state index >= 15 is 0 Å². The molecular weight excluding hydrogens is 412 g/mol.